The number of hydrogen-bond acceptors (Lipinski definition) is 3. The Kier molecular flexibility index (Phi) is 6.33. The van der Waals surface area contributed by atoms with E-state index in [1.807, 2.05) is 11.8 Å². The summed E-state index contributed by atoms with van der Waals surface area (Å²) < 4.78 is 2.15. The van der Waals surface area contributed by atoms with Crippen LogP contribution in [-0.2, 0) is 13.1 Å². The maximum Gasteiger partial charge on any atom is 0.0641 e. The Labute approximate surface area is 132 Å². The molecule has 21 heavy (non-hydrogen) atoms. The molecular formula is C17H25N3S. The maximum atomic E-state index is 4.68. The van der Waals surface area contributed by atoms with Gasteiger partial charge in [-0.1, -0.05) is 25.1 Å². The first-order valence-corrected chi connectivity index (χ1v) is 8.62. The highest BCUT2D eigenvalue weighted by molar-refractivity contribution is 7.99. The van der Waals surface area contributed by atoms with Crippen LogP contribution in [0.15, 0.2) is 35.2 Å². The zero-order valence-electron chi connectivity index (χ0n) is 13.2. The van der Waals surface area contributed by atoms with E-state index in [-0.39, 0.29) is 0 Å². The molecule has 0 saturated heterocycles. The average molecular weight is 303 g/mol. The Morgan fingerprint density at radius 1 is 1.19 bits per heavy atom. The van der Waals surface area contributed by atoms with Gasteiger partial charge in [0.05, 0.1) is 12.2 Å². The minimum absolute atomic E-state index is 0.928. The minimum atomic E-state index is 0.928. The van der Waals surface area contributed by atoms with Crippen molar-refractivity contribution in [2.75, 3.05) is 12.3 Å². The smallest absolute Gasteiger partial charge is 0.0641 e. The third-order valence-electron chi connectivity index (χ3n) is 3.57. The predicted octanol–water partition coefficient (Wildman–Crippen LogP) is 3.79. The third kappa shape index (κ3) is 4.61. The molecule has 0 aliphatic heterocycles. The summed E-state index contributed by atoms with van der Waals surface area (Å²) in [5, 5.41) is 8.15. The molecule has 0 aliphatic rings. The highest BCUT2D eigenvalue weighted by Crippen LogP contribution is 2.18. The van der Waals surface area contributed by atoms with Gasteiger partial charge in [-0.05, 0) is 38.9 Å². The van der Waals surface area contributed by atoms with Gasteiger partial charge in [0, 0.05) is 28.5 Å². The first kappa shape index (κ1) is 16.1. The molecule has 0 fully saturated rings. The van der Waals surface area contributed by atoms with Gasteiger partial charge in [-0.2, -0.15) is 5.10 Å². The summed E-state index contributed by atoms with van der Waals surface area (Å²) in [7, 11) is 0. The lowest BCUT2D eigenvalue weighted by Gasteiger charge is -2.06. The molecule has 0 unspecified atom stereocenters. The van der Waals surface area contributed by atoms with Crippen LogP contribution in [0.2, 0.25) is 0 Å². The fourth-order valence-corrected chi connectivity index (χ4v) is 3.21. The van der Waals surface area contributed by atoms with Crippen molar-refractivity contribution in [2.45, 2.75) is 45.2 Å². The van der Waals surface area contributed by atoms with Gasteiger partial charge in [-0.15, -0.1) is 11.8 Å². The number of thioether (sulfide) groups is 1. The number of benzene rings is 1. The fourth-order valence-electron chi connectivity index (χ4n) is 2.36. The van der Waals surface area contributed by atoms with E-state index in [1.165, 1.54) is 22.6 Å². The molecule has 4 heteroatoms. The lowest BCUT2D eigenvalue weighted by Crippen LogP contribution is -2.15. The van der Waals surface area contributed by atoms with Crippen LogP contribution < -0.4 is 5.32 Å². The fraction of sp³-hybridized carbons (Fsp3) is 0.471. The second-order valence-electron chi connectivity index (χ2n) is 5.21. The molecule has 1 heterocycles. The van der Waals surface area contributed by atoms with Crippen molar-refractivity contribution < 1.29 is 0 Å². The number of aryl methyl sites for hydroxylation is 2. The third-order valence-corrected chi connectivity index (χ3v) is 4.57. The van der Waals surface area contributed by atoms with Crippen molar-refractivity contribution in [3.05, 3.63) is 47.3 Å². The number of aromatic nitrogens is 2. The molecule has 0 saturated carbocycles. The lowest BCUT2D eigenvalue weighted by molar-refractivity contribution is 0.635. The highest BCUT2D eigenvalue weighted by Gasteiger charge is 2.10. The second kappa shape index (κ2) is 8.25. The Hall–Kier alpha value is -1.26. The van der Waals surface area contributed by atoms with Crippen LogP contribution in [0.3, 0.4) is 0 Å². The van der Waals surface area contributed by atoms with E-state index >= 15 is 0 Å². The standard InChI is InChI=1S/C17H25N3S/c1-4-10-18-13-17-14(2)19-20(15(17)3)11-12-21-16-8-6-5-7-9-16/h5-9,18H,4,10-13H2,1-3H3. The Morgan fingerprint density at radius 3 is 2.67 bits per heavy atom. The molecule has 2 aromatic rings. The minimum Gasteiger partial charge on any atom is -0.313 e. The van der Waals surface area contributed by atoms with Gasteiger partial charge in [-0.3, -0.25) is 4.68 Å². The molecule has 1 N–H and O–H groups in total. The van der Waals surface area contributed by atoms with Crippen LogP contribution in [0.5, 0.6) is 0 Å². The van der Waals surface area contributed by atoms with E-state index in [0.29, 0.717) is 0 Å². The zero-order valence-corrected chi connectivity index (χ0v) is 14.0. The van der Waals surface area contributed by atoms with Gasteiger partial charge >= 0.3 is 0 Å². The van der Waals surface area contributed by atoms with E-state index < -0.39 is 0 Å². The monoisotopic (exact) mass is 303 g/mol. The van der Waals surface area contributed by atoms with Crippen LogP contribution in [0.4, 0.5) is 0 Å². The SMILES string of the molecule is CCCNCc1c(C)nn(CCSc2ccccc2)c1C. The molecular weight excluding hydrogens is 278 g/mol. The molecule has 2 rings (SSSR count). The Morgan fingerprint density at radius 2 is 1.95 bits per heavy atom. The van der Waals surface area contributed by atoms with Gasteiger partial charge in [0.2, 0.25) is 0 Å². The summed E-state index contributed by atoms with van der Waals surface area (Å²) in [6.45, 7) is 9.43. The van der Waals surface area contributed by atoms with Crippen molar-refractivity contribution >= 4 is 11.8 Å². The van der Waals surface area contributed by atoms with E-state index in [0.717, 1.165) is 31.1 Å². The van der Waals surface area contributed by atoms with Gasteiger partial charge in [0.25, 0.3) is 0 Å². The quantitative estimate of drug-likeness (QED) is 0.594. The van der Waals surface area contributed by atoms with E-state index in [9.17, 15) is 0 Å². The predicted molar refractivity (Wildman–Crippen MR) is 90.9 cm³/mol. The number of rotatable bonds is 8. The summed E-state index contributed by atoms with van der Waals surface area (Å²) in [5.74, 6) is 1.05. The van der Waals surface area contributed by atoms with Crippen LogP contribution >= 0.6 is 11.8 Å². The summed E-state index contributed by atoms with van der Waals surface area (Å²) in [4.78, 5) is 1.32. The Balaban J connectivity index is 1.90. The lowest BCUT2D eigenvalue weighted by atomic mass is 10.2. The molecule has 1 aromatic carbocycles. The van der Waals surface area contributed by atoms with Gasteiger partial charge in [0.1, 0.15) is 0 Å². The normalized spacial score (nSPS) is 11.0. The van der Waals surface area contributed by atoms with Gasteiger partial charge in [0.15, 0.2) is 0 Å². The summed E-state index contributed by atoms with van der Waals surface area (Å²) in [5.41, 5.74) is 3.80. The van der Waals surface area contributed by atoms with Gasteiger partial charge in [-0.25, -0.2) is 0 Å². The van der Waals surface area contributed by atoms with Crippen molar-refractivity contribution in [1.29, 1.82) is 0 Å². The first-order chi connectivity index (χ1) is 10.2. The van der Waals surface area contributed by atoms with Crippen molar-refractivity contribution in [2.24, 2.45) is 0 Å². The van der Waals surface area contributed by atoms with Crippen molar-refractivity contribution in [3.8, 4) is 0 Å². The zero-order chi connectivity index (χ0) is 15.1. The molecule has 0 atom stereocenters. The molecule has 3 nitrogen and oxygen atoms in total. The Bertz CT molecular complexity index is 549. The van der Waals surface area contributed by atoms with Gasteiger partial charge < -0.3 is 5.32 Å². The molecule has 114 valence electrons. The molecule has 0 bridgehead atoms. The largest absolute Gasteiger partial charge is 0.313 e. The second-order valence-corrected chi connectivity index (χ2v) is 6.38. The van der Waals surface area contributed by atoms with Crippen molar-refractivity contribution in [3.63, 3.8) is 0 Å². The molecule has 0 spiro atoms. The molecule has 0 radical (unpaired) electrons. The number of nitrogens with one attached hydrogen (secondary N) is 1. The summed E-state index contributed by atoms with van der Waals surface area (Å²) >= 11 is 1.88. The average Bonchev–Trinajstić information content (AvgIpc) is 2.76. The topological polar surface area (TPSA) is 29.9 Å². The van der Waals surface area contributed by atoms with Crippen molar-refractivity contribution in [1.82, 2.24) is 15.1 Å². The van der Waals surface area contributed by atoms with Crippen LogP contribution in [-0.4, -0.2) is 22.1 Å². The van der Waals surface area contributed by atoms with E-state index in [2.05, 4.69) is 66.2 Å². The van der Waals surface area contributed by atoms with E-state index in [1.54, 1.807) is 0 Å². The number of hydrogen-bond donors (Lipinski definition) is 1. The molecule has 1 aromatic heterocycles. The van der Waals surface area contributed by atoms with Crippen LogP contribution in [0.1, 0.15) is 30.3 Å². The molecule has 0 aliphatic carbocycles. The highest BCUT2D eigenvalue weighted by atomic mass is 32.2. The van der Waals surface area contributed by atoms with Crippen LogP contribution in [0.25, 0.3) is 0 Å². The first-order valence-electron chi connectivity index (χ1n) is 7.63. The summed E-state index contributed by atoms with van der Waals surface area (Å²) in [6, 6.07) is 10.5. The van der Waals surface area contributed by atoms with E-state index in [4.69, 9.17) is 0 Å². The number of nitrogens with zero attached hydrogens (tertiary/aromatic N) is 2. The summed E-state index contributed by atoms with van der Waals surface area (Å²) in [6.07, 6.45) is 1.17. The molecule has 0 amide bonds. The van der Waals surface area contributed by atoms with Crippen LogP contribution in [0, 0.1) is 13.8 Å². The maximum absolute atomic E-state index is 4.68.